The highest BCUT2D eigenvalue weighted by atomic mass is 16.5. The molecule has 4 aliphatic carbocycles. The second-order valence-electron chi connectivity index (χ2n) is 12.6. The Hall–Kier alpha value is -2.81. The molecule has 5 atom stereocenters. The summed E-state index contributed by atoms with van der Waals surface area (Å²) in [4.78, 5) is 17.6. The number of hydrogen-bond acceptors (Lipinski definition) is 5. The number of aliphatic hydroxyl groups is 1. The van der Waals surface area contributed by atoms with Crippen LogP contribution in [-0.2, 0) is 9.53 Å². The van der Waals surface area contributed by atoms with Gasteiger partial charge in [0.25, 0.3) is 0 Å². The Kier molecular flexibility index (Phi) is 6.76. The first-order chi connectivity index (χ1) is 18.7. The van der Waals surface area contributed by atoms with Gasteiger partial charge in [-0.15, -0.1) is 5.92 Å². The fraction of sp³-hybridized carbons (Fsp3) is 0.559. The number of carbonyl (C=O) groups excluding carboxylic acids is 1. The van der Waals surface area contributed by atoms with Gasteiger partial charge in [-0.1, -0.05) is 30.6 Å². The molecule has 0 aromatic heterocycles. The molecular weight excluding hydrogens is 484 g/mol. The summed E-state index contributed by atoms with van der Waals surface area (Å²) >= 11 is 0. The Bertz CT molecular complexity index is 1300. The summed E-state index contributed by atoms with van der Waals surface area (Å²) in [6, 6.07) is 8.99. The van der Waals surface area contributed by atoms with Crippen molar-refractivity contribution in [2.24, 2.45) is 17.3 Å². The van der Waals surface area contributed by atoms with Crippen LogP contribution >= 0.6 is 0 Å². The Balaban J connectivity index is 1.48. The fourth-order valence-corrected chi connectivity index (χ4v) is 8.34. The van der Waals surface area contributed by atoms with E-state index < -0.39 is 5.60 Å². The average Bonchev–Trinajstić information content (AvgIpc) is 3.19. The summed E-state index contributed by atoms with van der Waals surface area (Å²) in [7, 11) is 4.15. The number of allylic oxidation sites excluding steroid dienone is 5. The quantitative estimate of drug-likeness (QED) is 0.432. The molecule has 0 amide bonds. The third-order valence-corrected chi connectivity index (χ3v) is 10.4. The summed E-state index contributed by atoms with van der Waals surface area (Å²) in [6.07, 6.45) is 9.36. The Labute approximate surface area is 233 Å². The third kappa shape index (κ3) is 4.37. The maximum Gasteiger partial charge on any atom is 0.183 e. The van der Waals surface area contributed by atoms with Crippen LogP contribution in [0.1, 0.15) is 63.9 Å². The van der Waals surface area contributed by atoms with Gasteiger partial charge < -0.3 is 19.6 Å². The highest BCUT2D eigenvalue weighted by molar-refractivity contribution is 6.06. The summed E-state index contributed by atoms with van der Waals surface area (Å²) in [6.45, 7) is 7.24. The Morgan fingerprint density at radius 2 is 1.90 bits per heavy atom. The molecule has 2 saturated carbocycles. The first kappa shape index (κ1) is 26.4. The highest BCUT2D eigenvalue weighted by Crippen LogP contribution is 2.66. The van der Waals surface area contributed by atoms with Crippen molar-refractivity contribution in [2.75, 3.05) is 45.3 Å². The molecule has 0 radical (unpaired) electrons. The number of ketones is 1. The van der Waals surface area contributed by atoms with Crippen LogP contribution in [0.5, 0.6) is 0 Å². The van der Waals surface area contributed by atoms with Gasteiger partial charge in [0.1, 0.15) is 5.60 Å². The first-order valence-corrected chi connectivity index (χ1v) is 14.7. The van der Waals surface area contributed by atoms with Crippen molar-refractivity contribution in [3.63, 3.8) is 0 Å². The lowest BCUT2D eigenvalue weighted by molar-refractivity contribution is -0.111. The van der Waals surface area contributed by atoms with Crippen molar-refractivity contribution in [1.82, 2.24) is 4.90 Å². The molecular formula is C34H42N2O3. The van der Waals surface area contributed by atoms with Gasteiger partial charge in [-0.25, -0.2) is 0 Å². The van der Waals surface area contributed by atoms with E-state index in [-0.39, 0.29) is 17.1 Å². The molecule has 1 aliphatic heterocycles. The van der Waals surface area contributed by atoms with Crippen molar-refractivity contribution in [3.05, 3.63) is 64.4 Å². The lowest BCUT2D eigenvalue weighted by atomic mass is 9.51. The van der Waals surface area contributed by atoms with E-state index in [0.29, 0.717) is 31.5 Å². The van der Waals surface area contributed by atoms with E-state index in [1.54, 1.807) is 0 Å². The molecule has 5 aliphatic rings. The zero-order chi connectivity index (χ0) is 27.4. The number of morpholine rings is 1. The SMILES string of the molecule is CC#C[C@]1(O)CC[C@H]2[C@@H]3CCC4=CC(=O)C(=CN5CCOCC5)CC4=C3[C@@H](c3ccc(N(C)C)cc3)C[C@@]21C. The van der Waals surface area contributed by atoms with Gasteiger partial charge in [0.15, 0.2) is 5.78 Å². The van der Waals surface area contributed by atoms with Crippen molar-refractivity contribution in [1.29, 1.82) is 0 Å². The minimum Gasteiger partial charge on any atom is -0.378 e. The van der Waals surface area contributed by atoms with Crippen molar-refractivity contribution >= 4 is 11.5 Å². The van der Waals surface area contributed by atoms with Gasteiger partial charge in [0, 0.05) is 62.4 Å². The van der Waals surface area contributed by atoms with Crippen LogP contribution in [0, 0.1) is 29.1 Å². The third-order valence-electron chi connectivity index (χ3n) is 10.4. The average molecular weight is 527 g/mol. The van der Waals surface area contributed by atoms with Gasteiger partial charge in [0.05, 0.1) is 13.2 Å². The van der Waals surface area contributed by atoms with E-state index in [1.165, 1.54) is 28.0 Å². The predicted octanol–water partition coefficient (Wildman–Crippen LogP) is 5.23. The molecule has 5 nitrogen and oxygen atoms in total. The van der Waals surface area contributed by atoms with Gasteiger partial charge in [-0.05, 0) is 85.8 Å². The lowest BCUT2D eigenvalue weighted by Gasteiger charge is -2.53. The molecule has 3 fully saturated rings. The standard InChI is InChI=1S/C34H42N2O3/c1-5-13-34(38)14-12-30-27-11-8-24-20-31(37)25(22-36-15-17-39-18-16-36)19-28(24)32(27)29(21-33(30,34)2)23-6-9-26(10-7-23)35(3)4/h6-7,9-10,20,22,27,29-30,38H,8,11-12,14-19,21H2,1-4H3/t27-,29+,30-,33-,34-/m0/s1. The van der Waals surface area contributed by atoms with E-state index in [4.69, 9.17) is 4.74 Å². The van der Waals surface area contributed by atoms with Crippen LogP contribution in [0.3, 0.4) is 0 Å². The van der Waals surface area contributed by atoms with Crippen LogP contribution in [0.15, 0.2) is 58.8 Å². The molecule has 206 valence electrons. The molecule has 0 spiro atoms. The second kappa shape index (κ2) is 9.98. The summed E-state index contributed by atoms with van der Waals surface area (Å²) < 4.78 is 5.53. The molecule has 0 unspecified atom stereocenters. The number of carbonyl (C=O) groups is 1. The molecule has 1 N–H and O–H groups in total. The Morgan fingerprint density at radius 1 is 1.15 bits per heavy atom. The van der Waals surface area contributed by atoms with Crippen LogP contribution in [0.2, 0.25) is 0 Å². The number of rotatable bonds is 3. The van der Waals surface area contributed by atoms with Crippen LogP contribution < -0.4 is 4.90 Å². The van der Waals surface area contributed by atoms with E-state index >= 15 is 0 Å². The number of fused-ring (bicyclic) bond motifs is 4. The molecule has 1 heterocycles. The van der Waals surface area contributed by atoms with Gasteiger partial charge >= 0.3 is 0 Å². The fourth-order valence-electron chi connectivity index (χ4n) is 8.34. The van der Waals surface area contributed by atoms with E-state index in [9.17, 15) is 9.90 Å². The predicted molar refractivity (Wildman–Crippen MR) is 155 cm³/mol. The monoisotopic (exact) mass is 526 g/mol. The van der Waals surface area contributed by atoms with Crippen molar-refractivity contribution < 1.29 is 14.6 Å². The molecule has 0 bridgehead atoms. The van der Waals surface area contributed by atoms with Crippen LogP contribution in [0.4, 0.5) is 5.69 Å². The van der Waals surface area contributed by atoms with Gasteiger partial charge in [-0.2, -0.15) is 0 Å². The zero-order valence-electron chi connectivity index (χ0n) is 23.9. The lowest BCUT2D eigenvalue weighted by Crippen LogP contribution is -2.51. The molecule has 1 saturated heterocycles. The van der Waals surface area contributed by atoms with Crippen molar-refractivity contribution in [2.45, 2.75) is 63.9 Å². The van der Waals surface area contributed by atoms with E-state index in [2.05, 4.69) is 73.1 Å². The largest absolute Gasteiger partial charge is 0.378 e. The number of ether oxygens (including phenoxy) is 1. The van der Waals surface area contributed by atoms with Crippen LogP contribution in [-0.4, -0.2) is 61.8 Å². The molecule has 1 aromatic carbocycles. The maximum atomic E-state index is 13.2. The summed E-state index contributed by atoms with van der Waals surface area (Å²) in [5.74, 6) is 7.50. The zero-order valence-corrected chi connectivity index (χ0v) is 23.9. The molecule has 6 rings (SSSR count). The molecule has 5 heteroatoms. The first-order valence-electron chi connectivity index (χ1n) is 14.7. The van der Waals surface area contributed by atoms with Gasteiger partial charge in [-0.3, -0.25) is 4.79 Å². The number of benzene rings is 1. The van der Waals surface area contributed by atoms with Gasteiger partial charge in [0.2, 0.25) is 0 Å². The maximum absolute atomic E-state index is 13.2. The van der Waals surface area contributed by atoms with Crippen LogP contribution in [0.25, 0.3) is 0 Å². The minimum atomic E-state index is -0.954. The Morgan fingerprint density at radius 3 is 2.59 bits per heavy atom. The van der Waals surface area contributed by atoms with E-state index in [1.807, 2.05) is 13.0 Å². The summed E-state index contributed by atoms with van der Waals surface area (Å²) in [5.41, 5.74) is 6.34. The normalized spacial score (nSPS) is 35.1. The minimum absolute atomic E-state index is 0.167. The molecule has 39 heavy (non-hydrogen) atoms. The number of nitrogens with zero attached hydrogens (tertiary/aromatic N) is 2. The second-order valence-corrected chi connectivity index (χ2v) is 12.6. The van der Waals surface area contributed by atoms with Crippen molar-refractivity contribution in [3.8, 4) is 11.8 Å². The number of anilines is 1. The smallest absolute Gasteiger partial charge is 0.183 e. The van der Waals surface area contributed by atoms with E-state index in [0.717, 1.165) is 50.8 Å². The highest BCUT2D eigenvalue weighted by Gasteiger charge is 2.62. The summed E-state index contributed by atoms with van der Waals surface area (Å²) in [5, 5.41) is 11.9. The topological polar surface area (TPSA) is 53.0 Å². The molecule has 1 aromatic rings. The number of hydrogen-bond donors (Lipinski definition) is 1.